The van der Waals surface area contributed by atoms with Crippen molar-refractivity contribution >= 4 is 5.97 Å². The van der Waals surface area contributed by atoms with Gasteiger partial charge in [-0.15, -0.1) is 6.58 Å². The van der Waals surface area contributed by atoms with Gasteiger partial charge in [-0.3, -0.25) is 0 Å². The van der Waals surface area contributed by atoms with Crippen LogP contribution in [0.25, 0.3) is 0 Å². The molecule has 0 saturated carbocycles. The smallest absolute Gasteiger partial charge is 0.338 e. The SMILES string of the molecule is C=CC[C@H]1OC(=O)[C@@H]2OC(C)(C)O[C@@H]2[C@H]1OC. The number of carbonyl (C=O) groups is 1. The molecule has 2 aliphatic rings. The zero-order chi connectivity index (χ0) is 12.6. The van der Waals surface area contributed by atoms with Crippen LogP contribution in [0.3, 0.4) is 0 Å². The maximum atomic E-state index is 11.8. The Morgan fingerprint density at radius 2 is 2.18 bits per heavy atom. The van der Waals surface area contributed by atoms with Crippen LogP contribution in [0.1, 0.15) is 20.3 Å². The fourth-order valence-electron chi connectivity index (χ4n) is 2.34. The molecule has 2 fully saturated rings. The number of esters is 1. The molecule has 0 aromatic heterocycles. The predicted molar refractivity (Wildman–Crippen MR) is 59.3 cm³/mol. The van der Waals surface area contributed by atoms with Gasteiger partial charge in [0.1, 0.15) is 18.3 Å². The van der Waals surface area contributed by atoms with E-state index in [2.05, 4.69) is 6.58 Å². The van der Waals surface area contributed by atoms with Crippen molar-refractivity contribution < 1.29 is 23.7 Å². The first-order valence-electron chi connectivity index (χ1n) is 5.68. The van der Waals surface area contributed by atoms with Gasteiger partial charge in [0.25, 0.3) is 0 Å². The molecule has 0 spiro atoms. The molecule has 5 heteroatoms. The summed E-state index contributed by atoms with van der Waals surface area (Å²) < 4.78 is 21.9. The number of hydrogen-bond donors (Lipinski definition) is 0. The van der Waals surface area contributed by atoms with Gasteiger partial charge < -0.3 is 18.9 Å². The molecule has 2 aliphatic heterocycles. The van der Waals surface area contributed by atoms with Crippen molar-refractivity contribution in [2.45, 2.75) is 50.5 Å². The van der Waals surface area contributed by atoms with Gasteiger partial charge in [-0.05, 0) is 13.8 Å². The molecule has 0 unspecified atom stereocenters. The Morgan fingerprint density at radius 1 is 1.47 bits per heavy atom. The van der Waals surface area contributed by atoms with Crippen LogP contribution >= 0.6 is 0 Å². The van der Waals surface area contributed by atoms with Crippen LogP contribution in [0.15, 0.2) is 12.7 Å². The average molecular weight is 242 g/mol. The van der Waals surface area contributed by atoms with Gasteiger partial charge in [0, 0.05) is 13.5 Å². The zero-order valence-electron chi connectivity index (χ0n) is 10.3. The van der Waals surface area contributed by atoms with E-state index in [-0.39, 0.29) is 18.2 Å². The third kappa shape index (κ3) is 2.22. The van der Waals surface area contributed by atoms with Crippen molar-refractivity contribution in [1.82, 2.24) is 0 Å². The van der Waals surface area contributed by atoms with Gasteiger partial charge >= 0.3 is 5.97 Å². The van der Waals surface area contributed by atoms with E-state index in [0.29, 0.717) is 6.42 Å². The summed E-state index contributed by atoms with van der Waals surface area (Å²) in [6.07, 6.45) is 0.445. The van der Waals surface area contributed by atoms with Crippen LogP contribution in [-0.2, 0) is 23.7 Å². The van der Waals surface area contributed by atoms with Gasteiger partial charge in [-0.1, -0.05) is 6.08 Å². The molecule has 0 radical (unpaired) electrons. The lowest BCUT2D eigenvalue weighted by molar-refractivity contribution is -0.189. The van der Waals surface area contributed by atoms with E-state index < -0.39 is 18.0 Å². The van der Waals surface area contributed by atoms with Crippen molar-refractivity contribution in [3.05, 3.63) is 12.7 Å². The Labute approximate surface area is 101 Å². The van der Waals surface area contributed by atoms with Gasteiger partial charge in [-0.25, -0.2) is 4.79 Å². The molecule has 17 heavy (non-hydrogen) atoms. The Kier molecular flexibility index (Phi) is 3.25. The van der Waals surface area contributed by atoms with Crippen LogP contribution in [-0.4, -0.2) is 43.3 Å². The lowest BCUT2D eigenvalue weighted by Crippen LogP contribution is -2.54. The van der Waals surface area contributed by atoms with Crippen LogP contribution < -0.4 is 0 Å². The first kappa shape index (κ1) is 12.5. The number of methoxy groups -OCH3 is 1. The molecule has 0 N–H and O–H groups in total. The molecular weight excluding hydrogens is 224 g/mol. The van der Waals surface area contributed by atoms with Crippen molar-refractivity contribution in [3.8, 4) is 0 Å². The second kappa shape index (κ2) is 4.40. The Hall–Kier alpha value is -0.910. The number of rotatable bonds is 3. The summed E-state index contributed by atoms with van der Waals surface area (Å²) in [5.74, 6) is -1.17. The molecule has 2 heterocycles. The number of fused-ring (bicyclic) bond motifs is 1. The van der Waals surface area contributed by atoms with E-state index in [1.807, 2.05) is 0 Å². The standard InChI is InChI=1S/C12H18O5/c1-5-6-7-8(14-4)9-10(11(13)15-7)17-12(2,3)16-9/h5,7-10H,1,6H2,2-4H3/t7-,8+,9-,10-/m1/s1. The molecule has 0 aromatic carbocycles. The summed E-state index contributed by atoms with van der Waals surface area (Å²) in [6, 6.07) is 0. The molecule has 0 bridgehead atoms. The highest BCUT2D eigenvalue weighted by Gasteiger charge is 2.55. The lowest BCUT2D eigenvalue weighted by Gasteiger charge is -2.35. The summed E-state index contributed by atoms with van der Waals surface area (Å²) in [5.41, 5.74) is 0. The molecule has 0 amide bonds. The zero-order valence-corrected chi connectivity index (χ0v) is 10.3. The molecule has 0 aliphatic carbocycles. The fraction of sp³-hybridized carbons (Fsp3) is 0.750. The molecule has 4 atom stereocenters. The van der Waals surface area contributed by atoms with Crippen LogP contribution in [0.5, 0.6) is 0 Å². The number of carbonyl (C=O) groups excluding carboxylic acids is 1. The number of ether oxygens (including phenoxy) is 4. The lowest BCUT2D eigenvalue weighted by atomic mass is 9.97. The second-order valence-electron chi connectivity index (χ2n) is 4.72. The Bertz CT molecular complexity index is 325. The first-order valence-corrected chi connectivity index (χ1v) is 5.68. The van der Waals surface area contributed by atoms with Crippen LogP contribution in [0.2, 0.25) is 0 Å². The summed E-state index contributed by atoms with van der Waals surface area (Å²) in [7, 11) is 1.58. The monoisotopic (exact) mass is 242 g/mol. The highest BCUT2D eigenvalue weighted by atomic mass is 16.8. The summed E-state index contributed by atoms with van der Waals surface area (Å²) in [6.45, 7) is 7.19. The third-order valence-electron chi connectivity index (χ3n) is 2.99. The highest BCUT2D eigenvalue weighted by molar-refractivity contribution is 5.77. The van der Waals surface area contributed by atoms with Crippen molar-refractivity contribution in [2.24, 2.45) is 0 Å². The molecule has 0 aromatic rings. The van der Waals surface area contributed by atoms with Gasteiger partial charge in [0.15, 0.2) is 11.9 Å². The number of cyclic esters (lactones) is 1. The molecule has 2 rings (SSSR count). The first-order chi connectivity index (χ1) is 7.98. The Balaban J connectivity index is 2.21. The molecule has 5 nitrogen and oxygen atoms in total. The average Bonchev–Trinajstić information content (AvgIpc) is 2.55. The van der Waals surface area contributed by atoms with Crippen molar-refractivity contribution in [1.29, 1.82) is 0 Å². The van der Waals surface area contributed by atoms with E-state index in [1.165, 1.54) is 0 Å². The summed E-state index contributed by atoms with van der Waals surface area (Å²) in [4.78, 5) is 11.8. The van der Waals surface area contributed by atoms with Gasteiger partial charge in [-0.2, -0.15) is 0 Å². The minimum Gasteiger partial charge on any atom is -0.457 e. The van der Waals surface area contributed by atoms with E-state index in [1.54, 1.807) is 27.0 Å². The maximum absolute atomic E-state index is 11.8. The Morgan fingerprint density at radius 3 is 2.76 bits per heavy atom. The van der Waals surface area contributed by atoms with E-state index >= 15 is 0 Å². The molecule has 96 valence electrons. The van der Waals surface area contributed by atoms with E-state index in [9.17, 15) is 4.79 Å². The van der Waals surface area contributed by atoms with Crippen LogP contribution in [0.4, 0.5) is 0 Å². The minimum atomic E-state index is -0.784. The van der Waals surface area contributed by atoms with Crippen molar-refractivity contribution in [3.63, 3.8) is 0 Å². The predicted octanol–water partition coefficient (Wildman–Crippen LogP) is 1.02. The van der Waals surface area contributed by atoms with Crippen LogP contribution in [0, 0.1) is 0 Å². The fourth-order valence-corrected chi connectivity index (χ4v) is 2.34. The second-order valence-corrected chi connectivity index (χ2v) is 4.72. The van der Waals surface area contributed by atoms with Gasteiger partial charge in [0.05, 0.1) is 0 Å². The van der Waals surface area contributed by atoms with Crippen molar-refractivity contribution in [2.75, 3.05) is 7.11 Å². The summed E-state index contributed by atoms with van der Waals surface area (Å²) in [5, 5.41) is 0. The number of hydrogen-bond acceptors (Lipinski definition) is 5. The summed E-state index contributed by atoms with van der Waals surface area (Å²) >= 11 is 0. The highest BCUT2D eigenvalue weighted by Crippen LogP contribution is 2.36. The van der Waals surface area contributed by atoms with E-state index in [0.717, 1.165) is 0 Å². The molecular formula is C12H18O5. The largest absolute Gasteiger partial charge is 0.457 e. The van der Waals surface area contributed by atoms with Gasteiger partial charge in [0.2, 0.25) is 0 Å². The topological polar surface area (TPSA) is 54.0 Å². The minimum absolute atomic E-state index is 0.322. The maximum Gasteiger partial charge on any atom is 0.338 e. The normalized spacial score (nSPS) is 39.6. The quantitative estimate of drug-likeness (QED) is 0.546. The van der Waals surface area contributed by atoms with E-state index in [4.69, 9.17) is 18.9 Å². The third-order valence-corrected chi connectivity index (χ3v) is 2.99. The molecule has 2 saturated heterocycles.